The number of carbonyl (C=O) groups is 1. The molecular formula is C30H39N7O4. The summed E-state index contributed by atoms with van der Waals surface area (Å²) in [5.74, 6) is 1.06. The Balaban J connectivity index is 1.79. The van der Waals surface area contributed by atoms with Crippen molar-refractivity contribution in [3.8, 4) is 22.8 Å². The molecular weight excluding hydrogens is 522 g/mol. The highest BCUT2D eigenvalue weighted by Gasteiger charge is 2.23. The van der Waals surface area contributed by atoms with Gasteiger partial charge in [-0.1, -0.05) is 12.1 Å². The van der Waals surface area contributed by atoms with Crippen LogP contribution >= 0.6 is 0 Å². The van der Waals surface area contributed by atoms with Crippen LogP contribution in [0.25, 0.3) is 22.2 Å². The SMILES string of the molecule is COc1cc(N(C)CCN(C)C)c(N)cc1Nc1ncc(C(=O)OC(C)C)c(-c2cn(C)c3c(OC)cccc23)n1. The Morgan fingerprint density at radius 3 is 2.49 bits per heavy atom. The van der Waals surface area contributed by atoms with Gasteiger partial charge in [0.2, 0.25) is 5.95 Å². The van der Waals surface area contributed by atoms with Crippen LogP contribution in [0.2, 0.25) is 0 Å². The molecule has 2 heterocycles. The van der Waals surface area contributed by atoms with Gasteiger partial charge in [0.05, 0.1) is 48.6 Å². The first-order chi connectivity index (χ1) is 19.5. The summed E-state index contributed by atoms with van der Waals surface area (Å²) in [5.41, 5.74) is 10.8. The lowest BCUT2D eigenvalue weighted by Crippen LogP contribution is -2.29. The number of aryl methyl sites for hydroxylation is 1. The first kappa shape index (κ1) is 29.5. The van der Waals surface area contributed by atoms with Crippen LogP contribution < -0.4 is 25.4 Å². The third-order valence-electron chi connectivity index (χ3n) is 6.68. The maximum Gasteiger partial charge on any atom is 0.342 e. The van der Waals surface area contributed by atoms with Gasteiger partial charge in [0.15, 0.2) is 0 Å². The van der Waals surface area contributed by atoms with Crippen molar-refractivity contribution in [2.75, 3.05) is 64.4 Å². The van der Waals surface area contributed by atoms with E-state index < -0.39 is 5.97 Å². The van der Waals surface area contributed by atoms with Crippen LogP contribution in [-0.4, -0.2) is 80.0 Å². The van der Waals surface area contributed by atoms with Crippen LogP contribution in [0.1, 0.15) is 24.2 Å². The van der Waals surface area contributed by atoms with Crippen LogP contribution in [0.15, 0.2) is 42.7 Å². The van der Waals surface area contributed by atoms with Gasteiger partial charge in [-0.25, -0.2) is 14.8 Å². The second-order valence-electron chi connectivity index (χ2n) is 10.4. The van der Waals surface area contributed by atoms with Crippen LogP contribution in [0.4, 0.5) is 23.0 Å². The average molecular weight is 562 g/mol. The normalized spacial score (nSPS) is 11.3. The van der Waals surface area contributed by atoms with E-state index in [1.54, 1.807) is 34.1 Å². The van der Waals surface area contributed by atoms with Crippen LogP contribution in [0.5, 0.6) is 11.5 Å². The lowest BCUT2D eigenvalue weighted by Gasteiger charge is -2.24. The van der Waals surface area contributed by atoms with E-state index in [0.717, 1.165) is 35.2 Å². The molecule has 0 saturated carbocycles. The number of nitrogen functional groups attached to an aromatic ring is 1. The van der Waals surface area contributed by atoms with E-state index in [1.165, 1.54) is 6.20 Å². The molecule has 3 N–H and O–H groups in total. The number of anilines is 4. The van der Waals surface area contributed by atoms with Crippen molar-refractivity contribution in [3.05, 3.63) is 48.3 Å². The number of nitrogens with zero attached hydrogens (tertiary/aromatic N) is 5. The van der Waals surface area contributed by atoms with Gasteiger partial charge in [0.25, 0.3) is 0 Å². The zero-order chi connectivity index (χ0) is 29.8. The number of methoxy groups -OCH3 is 2. The summed E-state index contributed by atoms with van der Waals surface area (Å²) in [6.07, 6.45) is 3.10. The summed E-state index contributed by atoms with van der Waals surface area (Å²) >= 11 is 0. The van der Waals surface area contributed by atoms with Gasteiger partial charge in [0.1, 0.15) is 17.1 Å². The zero-order valence-corrected chi connectivity index (χ0v) is 25.0. The van der Waals surface area contributed by atoms with Crippen LogP contribution in [0, 0.1) is 0 Å². The molecule has 2 aromatic heterocycles. The molecule has 2 aromatic carbocycles. The van der Waals surface area contributed by atoms with Crippen LogP contribution in [-0.2, 0) is 11.8 Å². The molecule has 0 aliphatic rings. The number of fused-ring (bicyclic) bond motifs is 1. The Kier molecular flexibility index (Phi) is 8.87. The van der Waals surface area contributed by atoms with Crippen molar-refractivity contribution in [2.45, 2.75) is 20.0 Å². The summed E-state index contributed by atoms with van der Waals surface area (Å²) in [6, 6.07) is 9.45. The molecule has 11 nitrogen and oxygen atoms in total. The molecule has 11 heteroatoms. The molecule has 41 heavy (non-hydrogen) atoms. The first-order valence-electron chi connectivity index (χ1n) is 13.3. The Morgan fingerprint density at radius 2 is 1.83 bits per heavy atom. The molecule has 0 amide bonds. The van der Waals surface area contributed by atoms with E-state index in [2.05, 4.69) is 20.1 Å². The molecule has 0 bridgehead atoms. The van der Waals surface area contributed by atoms with E-state index in [-0.39, 0.29) is 17.6 Å². The lowest BCUT2D eigenvalue weighted by atomic mass is 10.1. The fourth-order valence-corrected chi connectivity index (χ4v) is 4.63. The number of hydrogen-bond donors (Lipinski definition) is 2. The number of hydrogen-bond acceptors (Lipinski definition) is 10. The highest BCUT2D eigenvalue weighted by Crippen LogP contribution is 2.38. The fraction of sp³-hybridized carbons (Fsp3) is 0.367. The van der Waals surface area contributed by atoms with Crippen molar-refractivity contribution in [2.24, 2.45) is 7.05 Å². The highest BCUT2D eigenvalue weighted by molar-refractivity contribution is 6.04. The minimum absolute atomic E-state index is 0.254. The molecule has 0 aliphatic heterocycles. The highest BCUT2D eigenvalue weighted by atomic mass is 16.5. The topological polar surface area (TPSA) is 120 Å². The summed E-state index contributed by atoms with van der Waals surface area (Å²) in [4.78, 5) is 26.6. The number of rotatable bonds is 11. The van der Waals surface area contributed by atoms with Crippen molar-refractivity contribution in [1.82, 2.24) is 19.4 Å². The smallest absolute Gasteiger partial charge is 0.342 e. The Hall–Kier alpha value is -4.51. The largest absolute Gasteiger partial charge is 0.495 e. The summed E-state index contributed by atoms with van der Waals surface area (Å²) < 4.78 is 18.8. The van der Waals surface area contributed by atoms with Crippen LogP contribution in [0.3, 0.4) is 0 Å². The summed E-state index contributed by atoms with van der Waals surface area (Å²) in [6.45, 7) is 5.27. The molecule has 0 radical (unpaired) electrons. The Bertz CT molecular complexity index is 1550. The van der Waals surface area contributed by atoms with E-state index in [4.69, 9.17) is 24.9 Å². The van der Waals surface area contributed by atoms with E-state index >= 15 is 0 Å². The number of ether oxygens (including phenoxy) is 3. The van der Waals surface area contributed by atoms with Crippen molar-refractivity contribution in [3.63, 3.8) is 0 Å². The third-order valence-corrected chi connectivity index (χ3v) is 6.68. The lowest BCUT2D eigenvalue weighted by molar-refractivity contribution is 0.0378. The number of nitrogens with two attached hydrogens (primary N) is 1. The Labute approximate surface area is 240 Å². The van der Waals surface area contributed by atoms with Gasteiger partial charge in [-0.2, -0.15) is 0 Å². The second-order valence-corrected chi connectivity index (χ2v) is 10.4. The number of esters is 1. The average Bonchev–Trinajstić information content (AvgIpc) is 3.27. The molecule has 0 aliphatic carbocycles. The number of para-hydroxylation sites is 1. The molecule has 0 unspecified atom stereocenters. The van der Waals surface area contributed by atoms with Gasteiger partial charge in [-0.15, -0.1) is 0 Å². The van der Waals surface area contributed by atoms with Gasteiger partial charge in [0, 0.05) is 56.6 Å². The predicted octanol–water partition coefficient (Wildman–Crippen LogP) is 4.54. The number of benzene rings is 2. The van der Waals surface area contributed by atoms with Gasteiger partial charge >= 0.3 is 5.97 Å². The number of nitrogens with one attached hydrogen (secondary N) is 1. The predicted molar refractivity (Wildman–Crippen MR) is 164 cm³/mol. The summed E-state index contributed by atoms with van der Waals surface area (Å²) in [7, 11) is 11.2. The first-order valence-corrected chi connectivity index (χ1v) is 13.3. The number of likely N-dealkylation sites (N-methyl/N-ethyl adjacent to an activating group) is 2. The number of carbonyl (C=O) groups excluding carboxylic acids is 1. The minimum Gasteiger partial charge on any atom is -0.495 e. The molecule has 0 spiro atoms. The van der Waals surface area contributed by atoms with E-state index in [1.807, 2.05) is 63.2 Å². The maximum absolute atomic E-state index is 13.1. The summed E-state index contributed by atoms with van der Waals surface area (Å²) in [5, 5.41) is 4.11. The molecule has 218 valence electrons. The molecule has 0 saturated heterocycles. The maximum atomic E-state index is 13.1. The monoisotopic (exact) mass is 561 g/mol. The molecule has 4 aromatic rings. The van der Waals surface area contributed by atoms with Crippen molar-refractivity contribution < 1.29 is 19.0 Å². The fourth-order valence-electron chi connectivity index (χ4n) is 4.63. The van der Waals surface area contributed by atoms with E-state index in [0.29, 0.717) is 28.6 Å². The standard InChI is InChI=1S/C30H39N7O4/c1-18(2)41-29(38)20-16-32-30(34-27(20)21-17-37(6)28-19(21)10-9-11-25(28)39-7)33-23-14-22(31)24(15-26(23)40-8)36(5)13-12-35(3)4/h9-11,14-18H,12-13,31H2,1-8H3,(H,32,33,34). The van der Waals surface area contributed by atoms with Crippen molar-refractivity contribution in [1.29, 1.82) is 0 Å². The van der Waals surface area contributed by atoms with Crippen molar-refractivity contribution >= 4 is 39.9 Å². The minimum atomic E-state index is -0.506. The molecule has 4 rings (SSSR count). The van der Waals surface area contributed by atoms with Gasteiger partial charge < -0.3 is 39.6 Å². The second kappa shape index (κ2) is 12.3. The zero-order valence-electron chi connectivity index (χ0n) is 25.0. The molecule has 0 atom stereocenters. The quantitative estimate of drug-likeness (QED) is 0.199. The van der Waals surface area contributed by atoms with Gasteiger partial charge in [-0.05, 0) is 40.1 Å². The third kappa shape index (κ3) is 6.30. The Morgan fingerprint density at radius 1 is 1.10 bits per heavy atom. The number of aromatic nitrogens is 3. The van der Waals surface area contributed by atoms with Gasteiger partial charge in [-0.3, -0.25) is 0 Å². The van der Waals surface area contributed by atoms with E-state index in [9.17, 15) is 4.79 Å². The molecule has 0 fully saturated rings.